The Morgan fingerprint density at radius 2 is 0.823 bits per heavy atom. The highest BCUT2D eigenvalue weighted by Crippen LogP contribution is 2.60. The van der Waals surface area contributed by atoms with E-state index in [1.54, 1.807) is 0 Å². The number of aromatic nitrogens is 1. The van der Waals surface area contributed by atoms with Crippen LogP contribution >= 0.6 is 0 Å². The van der Waals surface area contributed by atoms with Crippen molar-refractivity contribution in [2.45, 2.75) is 18.3 Å². The number of para-hydroxylation sites is 2. The van der Waals surface area contributed by atoms with Crippen LogP contribution in [0.25, 0.3) is 77.6 Å². The van der Waals surface area contributed by atoms with Crippen LogP contribution in [0.4, 0.5) is 0 Å². The smallest absolute Gasteiger partial charge is 0.0678 e. The molecule has 0 saturated carbocycles. The first kappa shape index (κ1) is 36.1. The summed E-state index contributed by atoms with van der Waals surface area (Å²) >= 11 is 0. The Morgan fingerprint density at radius 3 is 1.32 bits per heavy atom. The van der Waals surface area contributed by atoms with Gasteiger partial charge in [-0.15, -0.1) is 0 Å². The Balaban J connectivity index is 1.27. The third-order valence-electron chi connectivity index (χ3n) is 13.3. The van der Waals surface area contributed by atoms with E-state index in [0.717, 1.165) is 18.5 Å². The SMILES string of the molecule is C1=CC2=C(CC1)C(c1cc(-c3ccccc3)cc(-c3ccccc3)c1)(c1cc(-c3ccccc3)cc(-c3ccccc3)c1)c1cc3c(cc12)c1ccccc1n3-c1ccccc1. The summed E-state index contributed by atoms with van der Waals surface area (Å²) in [6, 6.07) is 83.5. The van der Waals surface area contributed by atoms with Crippen molar-refractivity contribution in [2.24, 2.45) is 0 Å². The zero-order valence-corrected chi connectivity index (χ0v) is 34.4. The molecule has 0 N–H and O–H groups in total. The summed E-state index contributed by atoms with van der Waals surface area (Å²) in [5.41, 5.74) is 20.7. The molecule has 1 heteroatoms. The molecule has 0 atom stereocenters. The molecule has 0 amide bonds. The number of fused-ring (bicyclic) bond motifs is 5. The van der Waals surface area contributed by atoms with Crippen molar-refractivity contribution in [3.05, 3.63) is 264 Å². The van der Waals surface area contributed by atoms with E-state index in [0.29, 0.717) is 0 Å². The molecule has 0 aliphatic heterocycles. The fraction of sp³-hybridized carbons (Fsp3) is 0.0492. The molecule has 10 aromatic rings. The van der Waals surface area contributed by atoms with Gasteiger partial charge in [0.15, 0.2) is 0 Å². The maximum absolute atomic E-state index is 2.57. The summed E-state index contributed by atoms with van der Waals surface area (Å²) in [4.78, 5) is 0. The number of benzene rings is 9. The molecule has 1 nitrogen and oxygen atoms in total. The minimum atomic E-state index is -0.635. The maximum Gasteiger partial charge on any atom is 0.0678 e. The second kappa shape index (κ2) is 14.8. The molecule has 0 radical (unpaired) electrons. The predicted molar refractivity (Wildman–Crippen MR) is 261 cm³/mol. The molecule has 9 aromatic carbocycles. The molecule has 1 heterocycles. The lowest BCUT2D eigenvalue weighted by Gasteiger charge is -2.38. The van der Waals surface area contributed by atoms with Gasteiger partial charge in [-0.05, 0) is 157 Å². The van der Waals surface area contributed by atoms with Gasteiger partial charge in [-0.25, -0.2) is 0 Å². The Morgan fingerprint density at radius 1 is 0.371 bits per heavy atom. The first-order valence-electron chi connectivity index (χ1n) is 21.8. The summed E-state index contributed by atoms with van der Waals surface area (Å²) in [6.45, 7) is 0. The van der Waals surface area contributed by atoms with E-state index in [2.05, 4.69) is 241 Å². The Kier molecular flexibility index (Phi) is 8.61. The van der Waals surface area contributed by atoms with E-state index in [-0.39, 0.29) is 0 Å². The van der Waals surface area contributed by atoms with Gasteiger partial charge in [0.05, 0.1) is 16.4 Å². The molecular formula is C61H43N. The van der Waals surface area contributed by atoms with Crippen molar-refractivity contribution in [1.29, 1.82) is 0 Å². The van der Waals surface area contributed by atoms with Crippen LogP contribution in [0.2, 0.25) is 0 Å². The van der Waals surface area contributed by atoms with E-state index in [1.807, 2.05) is 0 Å². The predicted octanol–water partition coefficient (Wildman–Crippen LogP) is 15.9. The summed E-state index contributed by atoms with van der Waals surface area (Å²) < 4.78 is 2.48. The van der Waals surface area contributed by atoms with Crippen LogP contribution in [-0.4, -0.2) is 4.57 Å². The van der Waals surface area contributed by atoms with Crippen LogP contribution in [0, 0.1) is 0 Å². The minimum absolute atomic E-state index is 0.635. The van der Waals surface area contributed by atoms with Crippen LogP contribution in [0.5, 0.6) is 0 Å². The summed E-state index contributed by atoms with van der Waals surface area (Å²) in [5, 5.41) is 2.54. The van der Waals surface area contributed by atoms with Crippen molar-refractivity contribution in [1.82, 2.24) is 4.57 Å². The second-order valence-corrected chi connectivity index (χ2v) is 16.7. The number of hydrogen-bond acceptors (Lipinski definition) is 0. The number of nitrogens with zero attached hydrogens (tertiary/aromatic N) is 1. The van der Waals surface area contributed by atoms with Gasteiger partial charge in [-0.2, -0.15) is 0 Å². The molecule has 0 bridgehead atoms. The quantitative estimate of drug-likeness (QED) is 0.152. The van der Waals surface area contributed by atoms with Crippen molar-refractivity contribution in [2.75, 3.05) is 0 Å². The Hall–Kier alpha value is -7.74. The Bertz CT molecular complexity index is 3110. The molecular weight excluding hydrogens is 747 g/mol. The van der Waals surface area contributed by atoms with Crippen molar-refractivity contribution in [3.8, 4) is 50.2 Å². The highest BCUT2D eigenvalue weighted by Gasteiger charge is 2.48. The average molecular weight is 790 g/mol. The molecule has 0 saturated heterocycles. The first-order chi connectivity index (χ1) is 30.7. The van der Waals surface area contributed by atoms with E-state index in [1.165, 1.54) is 99.7 Å². The van der Waals surface area contributed by atoms with Gasteiger partial charge in [0.2, 0.25) is 0 Å². The molecule has 2 aliphatic rings. The van der Waals surface area contributed by atoms with Gasteiger partial charge in [0, 0.05) is 16.5 Å². The zero-order chi connectivity index (χ0) is 41.0. The van der Waals surface area contributed by atoms with E-state index in [4.69, 9.17) is 0 Å². The fourth-order valence-corrected chi connectivity index (χ4v) is 10.6. The number of hydrogen-bond donors (Lipinski definition) is 0. The summed E-state index contributed by atoms with van der Waals surface area (Å²) in [7, 11) is 0. The topological polar surface area (TPSA) is 4.93 Å². The molecule has 12 rings (SSSR count). The summed E-state index contributed by atoms with van der Waals surface area (Å²) in [5.74, 6) is 0. The molecule has 0 fully saturated rings. The molecule has 62 heavy (non-hydrogen) atoms. The minimum Gasteiger partial charge on any atom is -0.309 e. The van der Waals surface area contributed by atoms with E-state index in [9.17, 15) is 0 Å². The third kappa shape index (κ3) is 5.77. The average Bonchev–Trinajstić information content (AvgIpc) is 3.84. The fourth-order valence-electron chi connectivity index (χ4n) is 10.6. The largest absolute Gasteiger partial charge is 0.309 e. The van der Waals surface area contributed by atoms with Gasteiger partial charge in [0.25, 0.3) is 0 Å². The van der Waals surface area contributed by atoms with Crippen LogP contribution in [0.3, 0.4) is 0 Å². The third-order valence-corrected chi connectivity index (χ3v) is 13.3. The monoisotopic (exact) mass is 789 g/mol. The highest BCUT2D eigenvalue weighted by atomic mass is 15.0. The second-order valence-electron chi connectivity index (χ2n) is 16.7. The van der Waals surface area contributed by atoms with E-state index < -0.39 is 5.41 Å². The lowest BCUT2D eigenvalue weighted by atomic mass is 9.64. The number of rotatable bonds is 7. The molecule has 292 valence electrons. The Labute approximate surface area is 363 Å². The van der Waals surface area contributed by atoms with Crippen molar-refractivity contribution < 1.29 is 0 Å². The van der Waals surface area contributed by atoms with Crippen LogP contribution in [0.1, 0.15) is 35.1 Å². The lowest BCUT2D eigenvalue weighted by Crippen LogP contribution is -2.31. The number of allylic oxidation sites excluding steroid dienone is 4. The van der Waals surface area contributed by atoms with Gasteiger partial charge >= 0.3 is 0 Å². The summed E-state index contributed by atoms with van der Waals surface area (Å²) in [6.07, 6.45) is 6.76. The zero-order valence-electron chi connectivity index (χ0n) is 34.4. The lowest BCUT2D eigenvalue weighted by molar-refractivity contribution is 0.698. The normalized spacial score (nSPS) is 14.0. The van der Waals surface area contributed by atoms with Crippen LogP contribution in [0.15, 0.2) is 242 Å². The molecule has 2 aliphatic carbocycles. The molecule has 1 aromatic heterocycles. The first-order valence-corrected chi connectivity index (χ1v) is 21.8. The van der Waals surface area contributed by atoms with Gasteiger partial charge < -0.3 is 4.57 Å². The maximum atomic E-state index is 2.57. The van der Waals surface area contributed by atoms with Gasteiger partial charge in [-0.1, -0.05) is 170 Å². The van der Waals surface area contributed by atoms with Crippen LogP contribution in [-0.2, 0) is 5.41 Å². The standard InChI is InChI=1S/C61H43N/c1-6-20-42(21-7-1)46-34-47(43-22-8-2-9-23-43)37-50(36-46)61(51-38-48(44-24-10-3-11-25-44)35-49(39-51)45-26-12-4-13-27-45)57-32-18-16-30-53(57)55-40-56-54-31-17-19-33-59(54)62(60(56)41-58(55)61)52-28-14-5-15-29-52/h1-17,19-31,33-41H,18,32H2. The van der Waals surface area contributed by atoms with Crippen molar-refractivity contribution >= 4 is 27.4 Å². The molecule has 0 unspecified atom stereocenters. The van der Waals surface area contributed by atoms with Gasteiger partial charge in [0.1, 0.15) is 0 Å². The molecule has 0 spiro atoms. The van der Waals surface area contributed by atoms with Gasteiger partial charge in [-0.3, -0.25) is 0 Å². The van der Waals surface area contributed by atoms with E-state index >= 15 is 0 Å². The van der Waals surface area contributed by atoms with Crippen molar-refractivity contribution in [3.63, 3.8) is 0 Å². The van der Waals surface area contributed by atoms with Crippen LogP contribution < -0.4 is 0 Å². The highest BCUT2D eigenvalue weighted by molar-refractivity contribution is 6.12.